The Morgan fingerprint density at radius 1 is 0.977 bits per heavy atom. The molecule has 1 saturated carbocycles. The van der Waals surface area contributed by atoms with E-state index in [1.807, 2.05) is 32.9 Å². The van der Waals surface area contributed by atoms with Crippen molar-refractivity contribution in [3.63, 3.8) is 0 Å². The maximum absolute atomic E-state index is 13.1. The summed E-state index contributed by atoms with van der Waals surface area (Å²) in [5, 5.41) is 4.25. The van der Waals surface area contributed by atoms with Crippen LogP contribution in [-0.4, -0.2) is 62.1 Å². The Morgan fingerprint density at radius 3 is 2.43 bits per heavy atom. The van der Waals surface area contributed by atoms with Gasteiger partial charge in [0.1, 0.15) is 5.60 Å². The number of rotatable bonds is 5. The molecule has 1 fully saturated rings. The zero-order valence-electron chi connectivity index (χ0n) is 26.3. The second-order valence-electron chi connectivity index (χ2n) is 13.4. The highest BCUT2D eigenvalue weighted by Gasteiger charge is 2.35. The first-order valence-electron chi connectivity index (χ1n) is 15.6. The first-order valence-corrected chi connectivity index (χ1v) is 17.1. The first kappa shape index (κ1) is 30.5. The number of nitrogens with zero attached hydrogens (tertiary/aromatic N) is 3. The number of aromatic nitrogens is 1. The molecule has 3 aliphatic rings. The molecular formula is C33H43N5O5S. The fraction of sp³-hybridized carbons (Fsp3) is 0.515. The summed E-state index contributed by atoms with van der Waals surface area (Å²) in [5.41, 5.74) is 6.51. The van der Waals surface area contributed by atoms with Crippen molar-refractivity contribution in [3.8, 4) is 11.3 Å². The van der Waals surface area contributed by atoms with Crippen molar-refractivity contribution in [1.82, 2.24) is 18.9 Å². The van der Waals surface area contributed by atoms with E-state index in [0.717, 1.165) is 70.9 Å². The molecule has 2 aromatic carbocycles. The monoisotopic (exact) mass is 621 g/mol. The van der Waals surface area contributed by atoms with Gasteiger partial charge >= 0.3 is 16.3 Å². The summed E-state index contributed by atoms with van der Waals surface area (Å²) in [7, 11) is -1.15. The van der Waals surface area contributed by atoms with Crippen molar-refractivity contribution in [2.24, 2.45) is 0 Å². The van der Waals surface area contributed by atoms with E-state index in [-0.39, 0.29) is 6.04 Å². The molecular weight excluding hydrogens is 578 g/mol. The summed E-state index contributed by atoms with van der Waals surface area (Å²) < 4.78 is 35.9. The minimum Gasteiger partial charge on any atom is -0.444 e. The Hall–Kier alpha value is -3.57. The Kier molecular flexibility index (Phi) is 7.90. The van der Waals surface area contributed by atoms with Crippen LogP contribution < -0.4 is 14.9 Å². The van der Waals surface area contributed by atoms with Crippen LogP contribution >= 0.6 is 0 Å². The van der Waals surface area contributed by atoms with E-state index < -0.39 is 27.8 Å². The van der Waals surface area contributed by atoms with E-state index in [4.69, 9.17) is 4.74 Å². The van der Waals surface area contributed by atoms with Gasteiger partial charge in [-0.15, -0.1) is 0 Å². The molecule has 1 aromatic heterocycles. The number of anilines is 1. The topological polar surface area (TPSA) is 113 Å². The van der Waals surface area contributed by atoms with Gasteiger partial charge in [-0.05, 0) is 69.2 Å². The number of ether oxygens (including phenoxy) is 1. The van der Waals surface area contributed by atoms with Crippen LogP contribution in [0.2, 0.25) is 0 Å². The van der Waals surface area contributed by atoms with Crippen LogP contribution in [0.5, 0.6) is 0 Å². The number of nitrogens with one attached hydrogen (secondary N) is 2. The molecule has 2 aliphatic heterocycles. The SMILES string of the molecule is CN(C)S(=O)(=O)NC(=O)c1ccc2c(C3CCCCC3)c3n(c2c1)CCN1CC[C@@H](NC(=O)OC(C)(C)C)c2cccc-3c21. The molecule has 1 atom stereocenters. The minimum absolute atomic E-state index is 0.168. The molecule has 2 amide bonds. The van der Waals surface area contributed by atoms with Gasteiger partial charge in [0.05, 0.1) is 17.4 Å². The number of benzene rings is 2. The molecule has 10 nitrogen and oxygen atoms in total. The molecule has 0 unspecified atom stereocenters. The van der Waals surface area contributed by atoms with Crippen LogP contribution in [0.15, 0.2) is 36.4 Å². The summed E-state index contributed by atoms with van der Waals surface area (Å²) in [6, 6.07) is 11.8. The molecule has 6 rings (SSSR count). The van der Waals surface area contributed by atoms with Crippen molar-refractivity contribution >= 4 is 38.8 Å². The van der Waals surface area contributed by atoms with E-state index in [9.17, 15) is 18.0 Å². The fourth-order valence-electron chi connectivity index (χ4n) is 7.09. The predicted octanol–water partition coefficient (Wildman–Crippen LogP) is 5.68. The Bertz CT molecular complexity index is 1720. The average Bonchev–Trinajstić information content (AvgIpc) is 3.19. The average molecular weight is 622 g/mol. The van der Waals surface area contributed by atoms with Crippen molar-refractivity contribution in [2.45, 2.75) is 83.4 Å². The number of amides is 2. The van der Waals surface area contributed by atoms with Crippen LogP contribution in [0, 0.1) is 0 Å². The number of hydrogen-bond donors (Lipinski definition) is 2. The first-order chi connectivity index (χ1) is 20.8. The van der Waals surface area contributed by atoms with Crippen LogP contribution in [-0.2, 0) is 21.5 Å². The van der Waals surface area contributed by atoms with E-state index in [0.29, 0.717) is 11.5 Å². The maximum Gasteiger partial charge on any atom is 0.408 e. The molecule has 11 heteroatoms. The van der Waals surface area contributed by atoms with Crippen LogP contribution in [0.3, 0.4) is 0 Å². The van der Waals surface area contributed by atoms with Crippen molar-refractivity contribution in [2.75, 3.05) is 32.1 Å². The lowest BCUT2D eigenvalue weighted by molar-refractivity contribution is 0.0500. The Labute approximate surface area is 259 Å². The molecule has 3 heterocycles. The lowest BCUT2D eigenvalue weighted by atomic mass is 9.81. The zero-order valence-corrected chi connectivity index (χ0v) is 27.1. The standard InChI is InChI=1S/C33H43N5O5S/c1-33(2,3)43-32(40)34-26-16-17-37-18-19-38-27-20-22(31(39)35-44(41,42)36(4)5)14-15-24(27)28(21-10-7-6-8-11-21)30(38)25-13-9-12-23(26)29(25)37/h9,12-15,20-21,26H,6-8,10-11,16-19H2,1-5H3,(H,34,40)(H,35,39)/t26-/m1/s1. The van der Waals surface area contributed by atoms with E-state index >= 15 is 0 Å². The van der Waals surface area contributed by atoms with E-state index in [1.54, 1.807) is 6.07 Å². The maximum atomic E-state index is 13.1. The number of hydrogen-bond acceptors (Lipinski definition) is 6. The zero-order chi connectivity index (χ0) is 31.4. The number of para-hydroxylation sites is 1. The third kappa shape index (κ3) is 5.67. The third-order valence-electron chi connectivity index (χ3n) is 9.07. The number of carbonyl (C=O) groups is 2. The number of alkyl carbamates (subject to hydrolysis) is 1. The van der Waals surface area contributed by atoms with Gasteiger partial charge in [-0.2, -0.15) is 12.7 Å². The van der Waals surface area contributed by atoms with Gasteiger partial charge in [-0.25, -0.2) is 9.52 Å². The molecule has 1 aliphatic carbocycles. The van der Waals surface area contributed by atoms with Gasteiger partial charge in [-0.3, -0.25) is 4.79 Å². The van der Waals surface area contributed by atoms with Crippen molar-refractivity contribution in [3.05, 3.63) is 53.1 Å². The normalized spacial score (nSPS) is 18.9. The molecule has 3 aromatic rings. The summed E-state index contributed by atoms with van der Waals surface area (Å²) in [5.74, 6) is -0.264. The number of fused-ring (bicyclic) bond motifs is 4. The molecule has 44 heavy (non-hydrogen) atoms. The second kappa shape index (κ2) is 11.4. The highest BCUT2D eigenvalue weighted by Crippen LogP contribution is 2.50. The van der Waals surface area contributed by atoms with Crippen molar-refractivity contribution < 1.29 is 22.7 Å². The van der Waals surface area contributed by atoms with Crippen LogP contribution in [0.1, 0.15) is 92.7 Å². The van der Waals surface area contributed by atoms with Gasteiger partial charge in [0.15, 0.2) is 0 Å². The van der Waals surface area contributed by atoms with E-state index in [1.165, 1.54) is 44.6 Å². The summed E-state index contributed by atoms with van der Waals surface area (Å²) in [6.07, 6.45) is 6.17. The summed E-state index contributed by atoms with van der Waals surface area (Å²) in [6.45, 7) is 7.89. The highest BCUT2D eigenvalue weighted by molar-refractivity contribution is 7.87. The predicted molar refractivity (Wildman–Crippen MR) is 172 cm³/mol. The fourth-order valence-corrected chi connectivity index (χ4v) is 7.63. The van der Waals surface area contributed by atoms with Crippen LogP contribution in [0.4, 0.5) is 10.5 Å². The van der Waals surface area contributed by atoms with Crippen molar-refractivity contribution in [1.29, 1.82) is 0 Å². The molecule has 0 saturated heterocycles. The van der Waals surface area contributed by atoms with Gasteiger partial charge in [0.25, 0.3) is 5.91 Å². The molecule has 0 spiro atoms. The molecule has 0 radical (unpaired) electrons. The third-order valence-corrected chi connectivity index (χ3v) is 10.5. The number of carbonyl (C=O) groups excluding carboxylic acids is 2. The second-order valence-corrected chi connectivity index (χ2v) is 15.3. The lowest BCUT2D eigenvalue weighted by Crippen LogP contribution is -2.40. The van der Waals surface area contributed by atoms with Gasteiger partial charge in [-0.1, -0.05) is 43.5 Å². The van der Waals surface area contributed by atoms with E-state index in [2.05, 4.69) is 37.7 Å². The molecule has 0 bridgehead atoms. The Balaban J connectivity index is 1.49. The van der Waals surface area contributed by atoms with Gasteiger partial charge in [0.2, 0.25) is 0 Å². The lowest BCUT2D eigenvalue weighted by Gasteiger charge is -2.36. The highest BCUT2D eigenvalue weighted by atomic mass is 32.2. The van der Waals surface area contributed by atoms with Gasteiger partial charge in [0, 0.05) is 55.8 Å². The minimum atomic E-state index is -3.93. The van der Waals surface area contributed by atoms with Gasteiger partial charge < -0.3 is 19.5 Å². The molecule has 2 N–H and O–H groups in total. The van der Waals surface area contributed by atoms with Crippen LogP contribution in [0.25, 0.3) is 22.2 Å². The Morgan fingerprint density at radius 2 is 1.73 bits per heavy atom. The molecule has 236 valence electrons. The smallest absolute Gasteiger partial charge is 0.408 e. The quantitative estimate of drug-likeness (QED) is 0.379. The largest absolute Gasteiger partial charge is 0.444 e. The summed E-state index contributed by atoms with van der Waals surface area (Å²) >= 11 is 0. The summed E-state index contributed by atoms with van der Waals surface area (Å²) in [4.78, 5) is 28.4.